The van der Waals surface area contributed by atoms with Gasteiger partial charge >= 0.3 is 0 Å². The number of aryl methyl sites for hydroxylation is 1. The number of carbonyl (C=O) groups is 1. The van der Waals surface area contributed by atoms with Gasteiger partial charge in [-0.1, -0.05) is 6.92 Å². The van der Waals surface area contributed by atoms with Gasteiger partial charge in [0, 0.05) is 30.8 Å². The highest BCUT2D eigenvalue weighted by Crippen LogP contribution is 2.17. The minimum atomic E-state index is 0.0499. The second kappa shape index (κ2) is 7.70. The molecule has 2 atom stereocenters. The first-order chi connectivity index (χ1) is 12.0. The fourth-order valence-corrected chi connectivity index (χ4v) is 3.03. The molecule has 0 saturated carbocycles. The Kier molecular flexibility index (Phi) is 5.38. The lowest BCUT2D eigenvalue weighted by molar-refractivity contribution is -0.0586. The fraction of sp³-hybridized carbons (Fsp3) is 0.474. The summed E-state index contributed by atoms with van der Waals surface area (Å²) >= 11 is 0. The van der Waals surface area contributed by atoms with E-state index in [9.17, 15) is 4.79 Å². The summed E-state index contributed by atoms with van der Waals surface area (Å²) in [6.07, 6.45) is 2.73. The van der Waals surface area contributed by atoms with E-state index < -0.39 is 0 Å². The third-order valence-electron chi connectivity index (χ3n) is 4.23. The van der Waals surface area contributed by atoms with Crippen LogP contribution in [0.1, 0.15) is 42.8 Å². The Morgan fingerprint density at radius 3 is 2.52 bits per heavy atom. The Morgan fingerprint density at radius 1 is 1.24 bits per heavy atom. The summed E-state index contributed by atoms with van der Waals surface area (Å²) < 4.78 is 11.3. The van der Waals surface area contributed by atoms with E-state index in [0.717, 1.165) is 17.9 Å². The average molecular weight is 343 g/mol. The van der Waals surface area contributed by atoms with Gasteiger partial charge in [0.15, 0.2) is 0 Å². The van der Waals surface area contributed by atoms with Crippen molar-refractivity contribution in [2.75, 3.05) is 18.4 Å². The maximum atomic E-state index is 12.6. The van der Waals surface area contributed by atoms with E-state index in [4.69, 9.17) is 9.15 Å². The van der Waals surface area contributed by atoms with Gasteiger partial charge in [-0.2, -0.15) is 0 Å². The summed E-state index contributed by atoms with van der Waals surface area (Å²) in [6, 6.07) is 7.51. The van der Waals surface area contributed by atoms with Crippen LogP contribution in [0.2, 0.25) is 0 Å². The zero-order valence-corrected chi connectivity index (χ0v) is 15.0. The second-order valence-electron chi connectivity index (χ2n) is 6.47. The lowest BCUT2D eigenvalue weighted by Gasteiger charge is -2.35. The van der Waals surface area contributed by atoms with E-state index in [1.54, 1.807) is 6.20 Å². The van der Waals surface area contributed by atoms with Gasteiger partial charge in [0.05, 0.1) is 24.9 Å². The molecule has 0 unspecified atom stereocenters. The predicted molar refractivity (Wildman–Crippen MR) is 95.6 cm³/mol. The van der Waals surface area contributed by atoms with Gasteiger partial charge in [0.2, 0.25) is 5.89 Å². The number of oxazole rings is 1. The van der Waals surface area contributed by atoms with E-state index in [0.29, 0.717) is 31.1 Å². The number of carbonyl (C=O) groups excluding carboxylic acids is 1. The highest BCUT2D eigenvalue weighted by molar-refractivity contribution is 5.94. The molecule has 1 aliphatic rings. The van der Waals surface area contributed by atoms with Crippen LogP contribution in [0, 0.1) is 0 Å². The zero-order valence-electron chi connectivity index (χ0n) is 15.0. The van der Waals surface area contributed by atoms with Crippen LogP contribution in [-0.2, 0) is 17.7 Å². The molecule has 2 heterocycles. The summed E-state index contributed by atoms with van der Waals surface area (Å²) in [4.78, 5) is 18.7. The van der Waals surface area contributed by atoms with E-state index in [-0.39, 0.29) is 18.1 Å². The van der Waals surface area contributed by atoms with Gasteiger partial charge < -0.3 is 19.4 Å². The number of hydrogen-bond acceptors (Lipinski definition) is 5. The SMILES string of the molecule is CCc1cnc(CNc2ccc(C(=O)N3C[C@H](C)O[C@@H](C)C3)cc2)o1. The Balaban J connectivity index is 1.58. The summed E-state index contributed by atoms with van der Waals surface area (Å²) in [5.41, 5.74) is 1.62. The molecule has 6 heteroatoms. The molecular weight excluding hydrogens is 318 g/mol. The highest BCUT2D eigenvalue weighted by Gasteiger charge is 2.26. The van der Waals surface area contributed by atoms with Crippen LogP contribution in [0.15, 0.2) is 34.9 Å². The third-order valence-corrected chi connectivity index (χ3v) is 4.23. The maximum Gasteiger partial charge on any atom is 0.254 e. The lowest BCUT2D eigenvalue weighted by atomic mass is 10.1. The summed E-state index contributed by atoms with van der Waals surface area (Å²) in [7, 11) is 0. The lowest BCUT2D eigenvalue weighted by Crippen LogP contribution is -2.48. The van der Waals surface area contributed by atoms with Crippen molar-refractivity contribution in [1.29, 1.82) is 0 Å². The number of rotatable bonds is 5. The highest BCUT2D eigenvalue weighted by atomic mass is 16.5. The molecule has 1 fully saturated rings. The van der Waals surface area contributed by atoms with Crippen molar-refractivity contribution in [2.24, 2.45) is 0 Å². The van der Waals surface area contributed by atoms with Gasteiger partial charge in [-0.15, -0.1) is 0 Å². The van der Waals surface area contributed by atoms with Crippen LogP contribution >= 0.6 is 0 Å². The number of hydrogen-bond donors (Lipinski definition) is 1. The number of morpholine rings is 1. The molecule has 0 bridgehead atoms. The first-order valence-corrected chi connectivity index (χ1v) is 8.77. The first-order valence-electron chi connectivity index (χ1n) is 8.77. The molecule has 1 aliphatic heterocycles. The maximum absolute atomic E-state index is 12.6. The number of nitrogens with zero attached hydrogens (tertiary/aromatic N) is 2. The number of nitrogens with one attached hydrogen (secondary N) is 1. The summed E-state index contributed by atoms with van der Waals surface area (Å²) in [6.45, 7) is 7.81. The average Bonchev–Trinajstić information content (AvgIpc) is 3.07. The third kappa shape index (κ3) is 4.39. The predicted octanol–water partition coefficient (Wildman–Crippen LogP) is 3.10. The number of benzene rings is 1. The standard InChI is InChI=1S/C19H25N3O3/c1-4-17-9-21-18(25-17)10-20-16-7-5-15(6-8-16)19(23)22-11-13(2)24-14(3)12-22/h5-9,13-14,20H,4,10-12H2,1-3H3/t13-,14-/m0/s1. The number of aromatic nitrogens is 1. The van der Waals surface area contributed by atoms with E-state index in [1.165, 1.54) is 0 Å². The van der Waals surface area contributed by atoms with Crippen molar-refractivity contribution >= 4 is 11.6 Å². The first kappa shape index (κ1) is 17.5. The number of ether oxygens (including phenoxy) is 1. The van der Waals surface area contributed by atoms with Crippen LogP contribution in [0.25, 0.3) is 0 Å². The minimum absolute atomic E-state index is 0.0499. The van der Waals surface area contributed by atoms with Gasteiger partial charge in [-0.3, -0.25) is 4.79 Å². The van der Waals surface area contributed by atoms with E-state index in [2.05, 4.69) is 10.3 Å². The smallest absolute Gasteiger partial charge is 0.254 e. The number of amides is 1. The normalized spacial score (nSPS) is 20.5. The van der Waals surface area contributed by atoms with Crippen LogP contribution in [0.3, 0.4) is 0 Å². The van der Waals surface area contributed by atoms with Gasteiger partial charge in [0.1, 0.15) is 5.76 Å². The molecule has 25 heavy (non-hydrogen) atoms. The molecule has 2 aromatic rings. The van der Waals surface area contributed by atoms with Gasteiger partial charge in [-0.05, 0) is 38.1 Å². The van der Waals surface area contributed by atoms with Gasteiger partial charge in [-0.25, -0.2) is 4.98 Å². The number of anilines is 1. The molecule has 0 radical (unpaired) electrons. The summed E-state index contributed by atoms with van der Waals surface area (Å²) in [5.74, 6) is 1.59. The van der Waals surface area contributed by atoms with Crippen molar-refractivity contribution in [3.05, 3.63) is 47.7 Å². The molecule has 1 aromatic carbocycles. The molecule has 0 spiro atoms. The Bertz CT molecular complexity index is 701. The molecule has 1 N–H and O–H groups in total. The Hall–Kier alpha value is -2.34. The van der Waals surface area contributed by atoms with Crippen LogP contribution in [0.4, 0.5) is 5.69 Å². The molecule has 0 aliphatic carbocycles. The molecule has 6 nitrogen and oxygen atoms in total. The van der Waals surface area contributed by atoms with Crippen molar-refractivity contribution in [1.82, 2.24) is 9.88 Å². The van der Waals surface area contributed by atoms with Crippen LogP contribution in [-0.4, -0.2) is 41.1 Å². The summed E-state index contributed by atoms with van der Waals surface area (Å²) in [5, 5.41) is 3.26. The molecule has 3 rings (SSSR count). The zero-order chi connectivity index (χ0) is 17.8. The van der Waals surface area contributed by atoms with Crippen molar-refractivity contribution in [3.8, 4) is 0 Å². The molecule has 134 valence electrons. The second-order valence-corrected chi connectivity index (χ2v) is 6.47. The van der Waals surface area contributed by atoms with Gasteiger partial charge in [0.25, 0.3) is 5.91 Å². The van der Waals surface area contributed by atoms with Crippen LogP contribution < -0.4 is 5.32 Å². The van der Waals surface area contributed by atoms with E-state index in [1.807, 2.05) is 49.9 Å². The largest absolute Gasteiger partial charge is 0.444 e. The molecule has 1 saturated heterocycles. The topological polar surface area (TPSA) is 67.6 Å². The molecular formula is C19H25N3O3. The van der Waals surface area contributed by atoms with Crippen molar-refractivity contribution < 1.29 is 13.9 Å². The van der Waals surface area contributed by atoms with Crippen LogP contribution in [0.5, 0.6) is 0 Å². The quantitative estimate of drug-likeness (QED) is 0.903. The fourth-order valence-electron chi connectivity index (χ4n) is 3.03. The van der Waals surface area contributed by atoms with Crippen molar-refractivity contribution in [3.63, 3.8) is 0 Å². The minimum Gasteiger partial charge on any atom is -0.444 e. The van der Waals surface area contributed by atoms with Crippen molar-refractivity contribution in [2.45, 2.75) is 45.9 Å². The molecule has 1 aromatic heterocycles. The monoisotopic (exact) mass is 343 g/mol. The van der Waals surface area contributed by atoms with E-state index >= 15 is 0 Å². The Morgan fingerprint density at radius 2 is 1.92 bits per heavy atom. The Labute approximate surface area is 148 Å². The molecule has 1 amide bonds.